The fraction of sp³-hybridized carbons (Fsp3) is 0.593. The molecule has 8 heteroatoms. The minimum Gasteiger partial charge on any atom is -0.481 e. The van der Waals surface area contributed by atoms with Crippen LogP contribution in [0.15, 0.2) is 30.5 Å². The third-order valence-corrected chi connectivity index (χ3v) is 8.49. The molecule has 0 spiro atoms. The zero-order valence-corrected chi connectivity index (χ0v) is 21.0. The molecule has 1 aliphatic heterocycles. The van der Waals surface area contributed by atoms with Gasteiger partial charge >= 0.3 is 12.1 Å². The lowest BCUT2D eigenvalue weighted by Gasteiger charge is -2.37. The van der Waals surface area contributed by atoms with Crippen molar-refractivity contribution < 1.29 is 24.2 Å². The number of benzene rings is 1. The Balaban J connectivity index is 1.25. The number of hydrogen-bond donors (Lipinski definition) is 1. The molecule has 3 aliphatic rings. The van der Waals surface area contributed by atoms with Crippen LogP contribution < -0.4 is 0 Å². The summed E-state index contributed by atoms with van der Waals surface area (Å²) in [5.74, 6) is 0.100. The minimum absolute atomic E-state index is 0.0936. The van der Waals surface area contributed by atoms with Crippen LogP contribution in [0.5, 0.6) is 0 Å². The average molecular weight is 482 g/mol. The molecule has 5 rings (SSSR count). The fourth-order valence-electron chi connectivity index (χ4n) is 5.64. The Labute approximate surface area is 206 Å². The molecule has 188 valence electrons. The van der Waals surface area contributed by atoms with E-state index in [-0.39, 0.29) is 30.6 Å². The number of aromatic nitrogens is 2. The molecule has 0 radical (unpaired) electrons. The van der Waals surface area contributed by atoms with Gasteiger partial charge in [0.15, 0.2) is 0 Å². The first-order chi connectivity index (χ1) is 16.6. The number of carboxylic acid groups (broad SMARTS) is 1. The van der Waals surface area contributed by atoms with Crippen LogP contribution in [0.1, 0.15) is 57.2 Å². The van der Waals surface area contributed by atoms with Crippen LogP contribution in [0, 0.1) is 11.8 Å². The highest BCUT2D eigenvalue weighted by Gasteiger charge is 2.62. The highest BCUT2D eigenvalue weighted by Crippen LogP contribution is 2.59. The number of carbonyl (C=O) groups is 2. The van der Waals surface area contributed by atoms with Gasteiger partial charge in [0.05, 0.1) is 30.5 Å². The van der Waals surface area contributed by atoms with Crippen molar-refractivity contribution in [2.24, 2.45) is 18.9 Å². The molecule has 2 aromatic rings. The SMILES string of the molecule is CC(C1CC1)N(C)C(=O)OCc1c(-c2ccc(C3(C)COC4(CC(=O)O)CC4C3)cc2)cnn1C. The van der Waals surface area contributed by atoms with Gasteiger partial charge in [-0.3, -0.25) is 9.48 Å². The van der Waals surface area contributed by atoms with Gasteiger partial charge in [0.2, 0.25) is 0 Å². The molecule has 8 nitrogen and oxygen atoms in total. The van der Waals surface area contributed by atoms with Crippen LogP contribution >= 0.6 is 0 Å². The average Bonchev–Trinajstić information content (AvgIpc) is 3.74. The highest BCUT2D eigenvalue weighted by atomic mass is 16.6. The molecule has 2 saturated carbocycles. The number of nitrogens with zero attached hydrogens (tertiary/aromatic N) is 3. The standard InChI is InChI=1S/C27H35N3O5/c1-17(18-5-6-18)29(3)25(33)34-15-23-22(14-28-30(23)4)19-7-9-20(10-8-19)26(2)11-21-12-27(21,35-16-26)13-24(31)32/h7-10,14,17-18,21H,5-6,11-13,15-16H2,1-4H3,(H,31,32). The molecule has 2 aliphatic carbocycles. The molecule has 1 N–H and O–H groups in total. The van der Waals surface area contributed by atoms with Gasteiger partial charge < -0.3 is 19.5 Å². The summed E-state index contributed by atoms with van der Waals surface area (Å²) in [5.41, 5.74) is 3.40. The van der Waals surface area contributed by atoms with Crippen LogP contribution in [0.3, 0.4) is 0 Å². The third kappa shape index (κ3) is 4.56. The number of amides is 1. The lowest BCUT2D eigenvalue weighted by molar-refractivity contribution is -0.143. The van der Waals surface area contributed by atoms with E-state index in [4.69, 9.17) is 9.47 Å². The number of hydrogen-bond acceptors (Lipinski definition) is 5. The lowest BCUT2D eigenvalue weighted by Crippen LogP contribution is -2.39. The molecule has 0 bridgehead atoms. The van der Waals surface area contributed by atoms with Gasteiger partial charge in [0.1, 0.15) is 6.61 Å². The summed E-state index contributed by atoms with van der Waals surface area (Å²) in [6, 6.07) is 8.60. The van der Waals surface area contributed by atoms with Crippen molar-refractivity contribution in [1.29, 1.82) is 0 Å². The summed E-state index contributed by atoms with van der Waals surface area (Å²) in [4.78, 5) is 25.5. The van der Waals surface area contributed by atoms with Gasteiger partial charge in [-0.15, -0.1) is 0 Å². The smallest absolute Gasteiger partial charge is 0.410 e. The Morgan fingerprint density at radius 2 is 2.00 bits per heavy atom. The van der Waals surface area contributed by atoms with E-state index in [2.05, 4.69) is 43.2 Å². The molecular weight excluding hydrogens is 446 g/mol. The van der Waals surface area contributed by atoms with Crippen LogP contribution in [-0.4, -0.2) is 57.1 Å². The van der Waals surface area contributed by atoms with Gasteiger partial charge in [-0.2, -0.15) is 5.10 Å². The maximum Gasteiger partial charge on any atom is 0.410 e. The van der Waals surface area contributed by atoms with Crippen LogP contribution in [0.25, 0.3) is 11.1 Å². The summed E-state index contributed by atoms with van der Waals surface area (Å²) in [5, 5.41) is 13.6. The number of fused-ring (bicyclic) bond motifs is 1. The normalized spacial score (nSPS) is 28.2. The van der Waals surface area contributed by atoms with Crippen LogP contribution in [-0.2, 0) is 33.3 Å². The molecule has 1 saturated heterocycles. The summed E-state index contributed by atoms with van der Waals surface area (Å²) in [6.07, 6.45) is 5.71. The third-order valence-electron chi connectivity index (χ3n) is 8.49. The van der Waals surface area contributed by atoms with E-state index in [0.717, 1.165) is 29.7 Å². The second kappa shape index (κ2) is 8.66. The Kier molecular flexibility index (Phi) is 5.90. The van der Waals surface area contributed by atoms with E-state index in [1.165, 1.54) is 18.4 Å². The maximum atomic E-state index is 12.6. The van der Waals surface area contributed by atoms with Crippen molar-refractivity contribution >= 4 is 12.1 Å². The zero-order chi connectivity index (χ0) is 25.0. The van der Waals surface area contributed by atoms with Crippen LogP contribution in [0.2, 0.25) is 0 Å². The van der Waals surface area contributed by atoms with Crippen molar-refractivity contribution in [3.8, 4) is 11.1 Å². The molecule has 4 atom stereocenters. The lowest BCUT2D eigenvalue weighted by atomic mass is 9.76. The monoisotopic (exact) mass is 481 g/mol. The first-order valence-electron chi connectivity index (χ1n) is 12.5. The predicted molar refractivity (Wildman–Crippen MR) is 130 cm³/mol. The largest absolute Gasteiger partial charge is 0.481 e. The van der Waals surface area contributed by atoms with Crippen molar-refractivity contribution in [1.82, 2.24) is 14.7 Å². The second-order valence-corrected chi connectivity index (χ2v) is 11.0. The molecule has 1 aromatic heterocycles. The summed E-state index contributed by atoms with van der Waals surface area (Å²) in [7, 11) is 3.66. The molecule has 4 unspecified atom stereocenters. The van der Waals surface area contributed by atoms with Gasteiger partial charge in [-0.1, -0.05) is 31.2 Å². The van der Waals surface area contributed by atoms with Gasteiger partial charge in [0, 0.05) is 31.1 Å². The van der Waals surface area contributed by atoms with Gasteiger partial charge in [-0.25, -0.2) is 4.79 Å². The van der Waals surface area contributed by atoms with Gasteiger partial charge in [-0.05, 0) is 55.6 Å². The van der Waals surface area contributed by atoms with Crippen molar-refractivity contribution in [3.63, 3.8) is 0 Å². The van der Waals surface area contributed by atoms with E-state index in [1.54, 1.807) is 16.6 Å². The van der Waals surface area contributed by atoms with E-state index in [0.29, 0.717) is 18.4 Å². The molecule has 3 fully saturated rings. The topological polar surface area (TPSA) is 93.9 Å². The van der Waals surface area contributed by atoms with Crippen molar-refractivity contribution in [2.45, 2.75) is 69.6 Å². The first-order valence-corrected chi connectivity index (χ1v) is 12.5. The number of carboxylic acids is 1. The Bertz CT molecular complexity index is 1120. The molecule has 2 heterocycles. The minimum atomic E-state index is -0.789. The summed E-state index contributed by atoms with van der Waals surface area (Å²) >= 11 is 0. The van der Waals surface area contributed by atoms with E-state index in [1.807, 2.05) is 13.2 Å². The van der Waals surface area contributed by atoms with E-state index < -0.39 is 11.6 Å². The number of ether oxygens (including phenoxy) is 2. The number of aliphatic carboxylic acids is 1. The first kappa shape index (κ1) is 23.9. The molecular formula is C27H35N3O5. The van der Waals surface area contributed by atoms with Gasteiger partial charge in [0.25, 0.3) is 0 Å². The number of aryl methyl sites for hydroxylation is 1. The van der Waals surface area contributed by atoms with E-state index in [9.17, 15) is 14.7 Å². The number of carbonyl (C=O) groups excluding carboxylic acids is 1. The number of rotatable bonds is 8. The van der Waals surface area contributed by atoms with Crippen molar-refractivity contribution in [2.75, 3.05) is 13.7 Å². The van der Waals surface area contributed by atoms with Crippen LogP contribution in [0.4, 0.5) is 4.79 Å². The molecule has 1 amide bonds. The zero-order valence-electron chi connectivity index (χ0n) is 21.0. The maximum absolute atomic E-state index is 12.6. The highest BCUT2D eigenvalue weighted by molar-refractivity contribution is 5.70. The molecule has 1 aromatic carbocycles. The summed E-state index contributed by atoms with van der Waals surface area (Å²) in [6.45, 7) is 4.95. The Morgan fingerprint density at radius 3 is 2.63 bits per heavy atom. The van der Waals surface area contributed by atoms with E-state index >= 15 is 0 Å². The summed E-state index contributed by atoms with van der Waals surface area (Å²) < 4.78 is 13.5. The second-order valence-electron chi connectivity index (χ2n) is 11.0. The Hall–Kier alpha value is -2.87. The quantitative estimate of drug-likeness (QED) is 0.602. The van der Waals surface area contributed by atoms with Crippen molar-refractivity contribution in [3.05, 3.63) is 41.7 Å². The fourth-order valence-corrected chi connectivity index (χ4v) is 5.64. The predicted octanol–water partition coefficient (Wildman–Crippen LogP) is 4.37. The Morgan fingerprint density at radius 1 is 1.29 bits per heavy atom. The molecule has 35 heavy (non-hydrogen) atoms.